The molecule has 0 radical (unpaired) electrons. The van der Waals surface area contributed by atoms with Crippen LogP contribution in [0.2, 0.25) is 0 Å². The number of amides is 1. The molecule has 3 N–H and O–H groups in total. The lowest BCUT2D eigenvalue weighted by atomic mass is 10.0. The van der Waals surface area contributed by atoms with E-state index >= 15 is 0 Å². The molecule has 1 aliphatic rings. The van der Waals surface area contributed by atoms with E-state index in [1.165, 1.54) is 0 Å². The molecule has 0 bridgehead atoms. The molecule has 0 unspecified atom stereocenters. The van der Waals surface area contributed by atoms with Crippen LogP contribution in [-0.2, 0) is 30.4 Å². The van der Waals surface area contributed by atoms with Gasteiger partial charge in [0, 0.05) is 55.1 Å². The third-order valence-electron chi connectivity index (χ3n) is 7.43. The van der Waals surface area contributed by atoms with Gasteiger partial charge in [-0.3, -0.25) is 14.3 Å². The maximum atomic E-state index is 14.2. The molecule has 0 spiro atoms. The maximum absolute atomic E-state index is 14.2. The molecular formula is C30H32F3N5O4. The Morgan fingerprint density at radius 3 is 2.55 bits per heavy atom. The number of β-amino-alcohol motifs (C(OH)–C–C–N with tert-alkyl or cyclic N) is 1. The SMILES string of the molecule is CC(C)n1c(CCn2cc3ccccc3n2)ccc1C(=O)Nc1cc(CC(=O)O)c(N2CC[C@@H](O)C2)cc1C(F)(F)F. The van der Waals surface area contributed by atoms with Crippen molar-refractivity contribution in [3.8, 4) is 0 Å². The second-order valence-electron chi connectivity index (χ2n) is 10.8. The van der Waals surface area contributed by atoms with Gasteiger partial charge in [0.1, 0.15) is 5.69 Å². The van der Waals surface area contributed by atoms with Gasteiger partial charge in [-0.1, -0.05) is 18.2 Å². The Balaban J connectivity index is 1.44. The fraction of sp³-hybridized carbons (Fsp3) is 0.367. The first-order valence-electron chi connectivity index (χ1n) is 13.7. The molecule has 0 aliphatic carbocycles. The van der Waals surface area contributed by atoms with Crippen LogP contribution in [0.3, 0.4) is 0 Å². The minimum absolute atomic E-state index is 0.0819. The summed E-state index contributed by atoms with van der Waals surface area (Å²) in [6.07, 6.45) is -3.26. The monoisotopic (exact) mass is 583 g/mol. The van der Waals surface area contributed by atoms with E-state index in [4.69, 9.17) is 0 Å². The Morgan fingerprint density at radius 2 is 1.90 bits per heavy atom. The quantitative estimate of drug-likeness (QED) is 0.252. The number of aromatic nitrogens is 3. The van der Waals surface area contributed by atoms with E-state index in [2.05, 4.69) is 10.4 Å². The smallest absolute Gasteiger partial charge is 0.418 e. The van der Waals surface area contributed by atoms with E-state index in [9.17, 15) is 33.0 Å². The van der Waals surface area contributed by atoms with E-state index in [0.717, 1.165) is 28.7 Å². The van der Waals surface area contributed by atoms with Crippen LogP contribution in [0.4, 0.5) is 24.5 Å². The predicted molar refractivity (Wildman–Crippen MR) is 152 cm³/mol. The average molecular weight is 584 g/mol. The minimum atomic E-state index is -4.82. The number of nitrogens with one attached hydrogen (secondary N) is 1. The lowest BCUT2D eigenvalue weighted by Crippen LogP contribution is -2.25. The summed E-state index contributed by atoms with van der Waals surface area (Å²) in [6, 6.07) is 12.9. The van der Waals surface area contributed by atoms with Crippen molar-refractivity contribution in [2.24, 2.45) is 0 Å². The molecule has 2 aromatic carbocycles. The summed E-state index contributed by atoms with van der Waals surface area (Å²) < 4.78 is 46.3. The van der Waals surface area contributed by atoms with E-state index in [1.807, 2.05) is 49.0 Å². The topological polar surface area (TPSA) is 113 Å². The molecular weight excluding hydrogens is 551 g/mol. The number of hydrogen-bond donors (Lipinski definition) is 3. The van der Waals surface area contributed by atoms with Crippen molar-refractivity contribution < 1.29 is 33.0 Å². The molecule has 1 atom stereocenters. The summed E-state index contributed by atoms with van der Waals surface area (Å²) in [4.78, 5) is 26.6. The summed E-state index contributed by atoms with van der Waals surface area (Å²) in [7, 11) is 0. The van der Waals surface area contributed by atoms with Gasteiger partial charge in [0.05, 0.1) is 29.3 Å². The van der Waals surface area contributed by atoms with Gasteiger partial charge in [0.25, 0.3) is 5.91 Å². The van der Waals surface area contributed by atoms with Crippen LogP contribution in [0.5, 0.6) is 0 Å². The Bertz CT molecular complexity index is 1590. The number of aliphatic carboxylic acids is 1. The molecule has 12 heteroatoms. The number of carbonyl (C=O) groups excluding carboxylic acids is 1. The van der Waals surface area contributed by atoms with Gasteiger partial charge in [0.15, 0.2) is 0 Å². The fourth-order valence-electron chi connectivity index (χ4n) is 5.57. The highest BCUT2D eigenvalue weighted by Crippen LogP contribution is 2.40. The number of hydrogen-bond acceptors (Lipinski definition) is 5. The Kier molecular flexibility index (Phi) is 8.00. The van der Waals surface area contributed by atoms with Crippen molar-refractivity contribution >= 4 is 34.2 Å². The predicted octanol–water partition coefficient (Wildman–Crippen LogP) is 5.13. The van der Waals surface area contributed by atoms with Crippen molar-refractivity contribution in [2.75, 3.05) is 23.3 Å². The standard InChI is InChI=1S/C30H32F3N5O4/c1-18(2)38-21(9-12-37-16-19-5-3-4-6-24(19)35-37)7-8-26(38)29(42)34-25-13-20(14-28(40)41)27(15-23(25)30(31,32)33)36-11-10-22(39)17-36/h3-8,13,15-16,18,22,39H,9-12,14,17H2,1-2H3,(H,34,42)(H,40,41)/t22-/m1/s1. The molecule has 4 aromatic rings. The number of carboxylic acid groups (broad SMARTS) is 1. The summed E-state index contributed by atoms with van der Waals surface area (Å²) in [5.41, 5.74) is 0.463. The van der Waals surface area contributed by atoms with Gasteiger partial charge in [-0.2, -0.15) is 18.3 Å². The summed E-state index contributed by atoms with van der Waals surface area (Å²) in [6.45, 7) is 4.68. The van der Waals surface area contributed by atoms with Crippen molar-refractivity contribution in [3.63, 3.8) is 0 Å². The van der Waals surface area contributed by atoms with Crippen molar-refractivity contribution in [3.05, 3.63) is 77.2 Å². The number of rotatable bonds is 9. The number of aliphatic hydroxyl groups excluding tert-OH is 1. The van der Waals surface area contributed by atoms with Crippen LogP contribution < -0.4 is 10.2 Å². The number of fused-ring (bicyclic) bond motifs is 1. The second kappa shape index (κ2) is 11.5. The number of aliphatic hydroxyl groups is 1. The number of alkyl halides is 3. The summed E-state index contributed by atoms with van der Waals surface area (Å²) >= 11 is 0. The molecule has 42 heavy (non-hydrogen) atoms. The lowest BCUT2D eigenvalue weighted by molar-refractivity contribution is -0.137. The van der Waals surface area contributed by atoms with Gasteiger partial charge in [-0.25, -0.2) is 0 Å². The van der Waals surface area contributed by atoms with Gasteiger partial charge in [0.2, 0.25) is 0 Å². The summed E-state index contributed by atoms with van der Waals surface area (Å²) in [5, 5.41) is 27.4. The number of benzene rings is 2. The number of nitrogens with zero attached hydrogens (tertiary/aromatic N) is 4. The molecule has 1 aliphatic heterocycles. The summed E-state index contributed by atoms with van der Waals surface area (Å²) in [5.74, 6) is -1.97. The zero-order chi connectivity index (χ0) is 30.2. The van der Waals surface area contributed by atoms with Gasteiger partial charge >= 0.3 is 12.1 Å². The molecule has 222 valence electrons. The van der Waals surface area contributed by atoms with Crippen LogP contribution in [-0.4, -0.2) is 55.6 Å². The number of carbonyl (C=O) groups is 2. The number of aryl methyl sites for hydroxylation is 2. The molecule has 5 rings (SSSR count). The molecule has 2 aromatic heterocycles. The third-order valence-corrected chi connectivity index (χ3v) is 7.43. The van der Waals surface area contributed by atoms with Crippen LogP contribution in [0, 0.1) is 0 Å². The Hall–Kier alpha value is -4.32. The fourth-order valence-corrected chi connectivity index (χ4v) is 5.57. The molecule has 9 nitrogen and oxygen atoms in total. The number of halogens is 3. The van der Waals surface area contributed by atoms with Crippen LogP contribution in [0.1, 0.15) is 53.6 Å². The lowest BCUT2D eigenvalue weighted by Gasteiger charge is -2.25. The highest BCUT2D eigenvalue weighted by molar-refractivity contribution is 6.04. The molecule has 1 saturated heterocycles. The van der Waals surface area contributed by atoms with Crippen molar-refractivity contribution in [2.45, 2.75) is 58.0 Å². The highest BCUT2D eigenvalue weighted by atomic mass is 19.4. The van der Waals surface area contributed by atoms with Crippen molar-refractivity contribution in [1.29, 1.82) is 0 Å². The van der Waals surface area contributed by atoms with E-state index < -0.39 is 41.8 Å². The largest absolute Gasteiger partial charge is 0.481 e. The number of carboxylic acids is 1. The average Bonchev–Trinajstić information content (AvgIpc) is 3.64. The van der Waals surface area contributed by atoms with E-state index in [0.29, 0.717) is 19.4 Å². The molecule has 1 fully saturated rings. The van der Waals surface area contributed by atoms with E-state index in [-0.39, 0.29) is 36.1 Å². The Morgan fingerprint density at radius 1 is 1.14 bits per heavy atom. The van der Waals surface area contributed by atoms with Crippen molar-refractivity contribution in [1.82, 2.24) is 14.3 Å². The number of anilines is 2. The minimum Gasteiger partial charge on any atom is -0.481 e. The molecule has 1 amide bonds. The third kappa shape index (κ3) is 6.13. The Labute approximate surface area is 240 Å². The normalized spacial score (nSPS) is 15.6. The first-order valence-corrected chi connectivity index (χ1v) is 13.7. The van der Waals surface area contributed by atoms with Crippen LogP contribution in [0.15, 0.2) is 54.7 Å². The first kappa shape index (κ1) is 29.2. The van der Waals surface area contributed by atoms with E-state index in [1.54, 1.807) is 21.6 Å². The maximum Gasteiger partial charge on any atom is 0.418 e. The first-order chi connectivity index (χ1) is 19.9. The van der Waals surface area contributed by atoms with Gasteiger partial charge in [-0.05, 0) is 56.2 Å². The van der Waals surface area contributed by atoms with Gasteiger partial charge < -0.3 is 25.0 Å². The van der Waals surface area contributed by atoms with Crippen LogP contribution in [0.25, 0.3) is 10.9 Å². The zero-order valence-corrected chi connectivity index (χ0v) is 23.2. The second-order valence-corrected chi connectivity index (χ2v) is 10.8. The van der Waals surface area contributed by atoms with Gasteiger partial charge in [-0.15, -0.1) is 0 Å². The molecule has 0 saturated carbocycles. The highest BCUT2D eigenvalue weighted by Gasteiger charge is 2.37. The molecule has 3 heterocycles. The van der Waals surface area contributed by atoms with Crippen LogP contribution >= 0.6 is 0 Å². The zero-order valence-electron chi connectivity index (χ0n) is 23.2.